The minimum absolute atomic E-state index is 0.255. The second kappa shape index (κ2) is 6.57. The zero-order chi connectivity index (χ0) is 17.1. The highest BCUT2D eigenvalue weighted by molar-refractivity contribution is 5.80. The smallest absolute Gasteiger partial charge is 0.249 e. The Morgan fingerprint density at radius 1 is 1.29 bits per heavy atom. The normalized spacial score (nSPS) is 13.5. The molecule has 3 aromatic rings. The molecular formula is C15H15FN6O2. The van der Waals surface area contributed by atoms with Crippen molar-refractivity contribution in [2.45, 2.75) is 25.9 Å². The number of amides is 1. The molecule has 2 aromatic heterocycles. The molecule has 0 bridgehead atoms. The second-order valence-electron chi connectivity index (χ2n) is 5.24. The standard InChI is InChI=1S/C15H15FN6O2/c1-9(19-14(23)10(2)22-8-17-7-18-22)15-20-13(21-24-15)11-3-5-12(16)6-4-11/h3-10H,1-2H3,(H,19,23)/t9-,10+/m1/s1. The predicted octanol–water partition coefficient (Wildman–Crippen LogP) is 1.91. The molecule has 0 saturated carbocycles. The van der Waals surface area contributed by atoms with Crippen molar-refractivity contribution < 1.29 is 13.7 Å². The van der Waals surface area contributed by atoms with Crippen LogP contribution in [0, 0.1) is 5.82 Å². The molecule has 0 fully saturated rings. The zero-order valence-corrected chi connectivity index (χ0v) is 13.0. The van der Waals surface area contributed by atoms with Crippen LogP contribution in [-0.4, -0.2) is 30.8 Å². The summed E-state index contributed by atoms with van der Waals surface area (Å²) in [5.74, 6) is -0.0105. The largest absolute Gasteiger partial charge is 0.343 e. The lowest BCUT2D eigenvalue weighted by Crippen LogP contribution is -2.33. The summed E-state index contributed by atoms with van der Waals surface area (Å²) in [6.45, 7) is 3.43. The summed E-state index contributed by atoms with van der Waals surface area (Å²) in [6.07, 6.45) is 2.83. The van der Waals surface area contributed by atoms with Crippen molar-refractivity contribution in [2.24, 2.45) is 0 Å². The summed E-state index contributed by atoms with van der Waals surface area (Å²) in [7, 11) is 0. The molecule has 3 rings (SSSR count). The van der Waals surface area contributed by atoms with Crippen molar-refractivity contribution in [1.82, 2.24) is 30.2 Å². The van der Waals surface area contributed by atoms with Gasteiger partial charge in [0.05, 0.1) is 0 Å². The Morgan fingerprint density at radius 2 is 2.04 bits per heavy atom. The van der Waals surface area contributed by atoms with Gasteiger partial charge >= 0.3 is 0 Å². The lowest BCUT2D eigenvalue weighted by atomic mass is 10.2. The van der Waals surface area contributed by atoms with Crippen LogP contribution in [0.15, 0.2) is 41.4 Å². The maximum atomic E-state index is 12.9. The first-order chi connectivity index (χ1) is 11.5. The number of halogens is 1. The Labute approximate surface area is 136 Å². The van der Waals surface area contributed by atoms with Gasteiger partial charge in [0.25, 0.3) is 0 Å². The van der Waals surface area contributed by atoms with Gasteiger partial charge in [-0.05, 0) is 38.1 Å². The molecule has 0 aliphatic carbocycles. The molecule has 24 heavy (non-hydrogen) atoms. The number of hydrogen-bond acceptors (Lipinski definition) is 6. The summed E-state index contributed by atoms with van der Waals surface area (Å²) in [4.78, 5) is 20.3. The Morgan fingerprint density at radius 3 is 2.71 bits per heavy atom. The number of carbonyl (C=O) groups is 1. The quantitative estimate of drug-likeness (QED) is 0.767. The van der Waals surface area contributed by atoms with E-state index in [0.717, 1.165) is 0 Å². The Hall–Kier alpha value is -3.10. The van der Waals surface area contributed by atoms with E-state index < -0.39 is 12.1 Å². The molecule has 0 radical (unpaired) electrons. The molecule has 1 amide bonds. The summed E-state index contributed by atoms with van der Waals surface area (Å²) < 4.78 is 19.6. The van der Waals surface area contributed by atoms with Crippen LogP contribution in [0.5, 0.6) is 0 Å². The van der Waals surface area contributed by atoms with Crippen LogP contribution in [0.25, 0.3) is 11.4 Å². The van der Waals surface area contributed by atoms with Crippen LogP contribution < -0.4 is 5.32 Å². The van der Waals surface area contributed by atoms with E-state index >= 15 is 0 Å². The molecule has 124 valence electrons. The number of benzene rings is 1. The van der Waals surface area contributed by atoms with Gasteiger partial charge in [-0.2, -0.15) is 10.1 Å². The van der Waals surface area contributed by atoms with Gasteiger partial charge in [0, 0.05) is 5.56 Å². The predicted molar refractivity (Wildman–Crippen MR) is 81.0 cm³/mol. The fourth-order valence-corrected chi connectivity index (χ4v) is 2.06. The Bertz CT molecular complexity index is 815. The van der Waals surface area contributed by atoms with Gasteiger partial charge in [0.15, 0.2) is 0 Å². The molecule has 9 heteroatoms. The maximum Gasteiger partial charge on any atom is 0.249 e. The van der Waals surface area contributed by atoms with E-state index in [0.29, 0.717) is 11.4 Å². The minimum Gasteiger partial charge on any atom is -0.343 e. The van der Waals surface area contributed by atoms with Crippen molar-refractivity contribution in [3.05, 3.63) is 48.6 Å². The molecule has 1 aromatic carbocycles. The van der Waals surface area contributed by atoms with Gasteiger partial charge in [0.1, 0.15) is 30.6 Å². The zero-order valence-electron chi connectivity index (χ0n) is 13.0. The highest BCUT2D eigenvalue weighted by Gasteiger charge is 2.21. The van der Waals surface area contributed by atoms with E-state index in [-0.39, 0.29) is 17.6 Å². The molecule has 1 N–H and O–H groups in total. The van der Waals surface area contributed by atoms with Crippen molar-refractivity contribution in [3.63, 3.8) is 0 Å². The Balaban J connectivity index is 1.68. The van der Waals surface area contributed by atoms with Crippen LogP contribution in [0.3, 0.4) is 0 Å². The third kappa shape index (κ3) is 3.29. The van der Waals surface area contributed by atoms with E-state index in [1.165, 1.54) is 29.5 Å². The lowest BCUT2D eigenvalue weighted by Gasteiger charge is -2.14. The van der Waals surface area contributed by atoms with Crippen LogP contribution >= 0.6 is 0 Å². The van der Waals surface area contributed by atoms with Gasteiger partial charge in [0.2, 0.25) is 17.6 Å². The second-order valence-corrected chi connectivity index (χ2v) is 5.24. The number of hydrogen-bond donors (Lipinski definition) is 1. The highest BCUT2D eigenvalue weighted by Crippen LogP contribution is 2.19. The maximum absolute atomic E-state index is 12.9. The van der Waals surface area contributed by atoms with Gasteiger partial charge in [-0.3, -0.25) is 4.79 Å². The molecular weight excluding hydrogens is 315 g/mol. The molecule has 2 heterocycles. The summed E-state index contributed by atoms with van der Waals surface area (Å²) in [5.41, 5.74) is 0.626. The minimum atomic E-state index is -0.519. The van der Waals surface area contributed by atoms with Crippen molar-refractivity contribution in [2.75, 3.05) is 0 Å². The fourth-order valence-electron chi connectivity index (χ4n) is 2.06. The third-order valence-corrected chi connectivity index (χ3v) is 3.49. The van der Waals surface area contributed by atoms with E-state index in [2.05, 4.69) is 25.5 Å². The average Bonchev–Trinajstić information content (AvgIpc) is 3.26. The first-order valence-electron chi connectivity index (χ1n) is 7.28. The molecule has 8 nitrogen and oxygen atoms in total. The summed E-state index contributed by atoms with van der Waals surface area (Å²) >= 11 is 0. The number of rotatable bonds is 5. The highest BCUT2D eigenvalue weighted by atomic mass is 19.1. The van der Waals surface area contributed by atoms with E-state index in [4.69, 9.17) is 4.52 Å². The van der Waals surface area contributed by atoms with Gasteiger partial charge in [-0.1, -0.05) is 5.16 Å². The fraction of sp³-hybridized carbons (Fsp3) is 0.267. The number of nitrogens with zero attached hydrogens (tertiary/aromatic N) is 5. The van der Waals surface area contributed by atoms with Crippen molar-refractivity contribution in [1.29, 1.82) is 0 Å². The lowest BCUT2D eigenvalue weighted by molar-refractivity contribution is -0.125. The molecule has 0 aliphatic rings. The average molecular weight is 330 g/mol. The van der Waals surface area contributed by atoms with Crippen molar-refractivity contribution in [3.8, 4) is 11.4 Å². The van der Waals surface area contributed by atoms with E-state index in [1.54, 1.807) is 26.0 Å². The van der Waals surface area contributed by atoms with E-state index in [1.807, 2.05) is 0 Å². The molecule has 0 spiro atoms. The number of nitrogens with one attached hydrogen (secondary N) is 1. The topological polar surface area (TPSA) is 98.7 Å². The first kappa shape index (κ1) is 15.8. The van der Waals surface area contributed by atoms with Gasteiger partial charge in [-0.15, -0.1) is 0 Å². The Kier molecular flexibility index (Phi) is 4.32. The molecule has 0 saturated heterocycles. The van der Waals surface area contributed by atoms with Crippen LogP contribution in [-0.2, 0) is 4.79 Å². The van der Waals surface area contributed by atoms with Gasteiger partial charge < -0.3 is 9.84 Å². The van der Waals surface area contributed by atoms with Gasteiger partial charge in [-0.25, -0.2) is 14.1 Å². The molecule has 0 unspecified atom stereocenters. The summed E-state index contributed by atoms with van der Waals surface area (Å²) in [6, 6.07) is 4.74. The SMILES string of the molecule is C[C@@H](NC(=O)[C@H](C)n1cncn1)c1nc(-c2ccc(F)cc2)no1. The molecule has 0 aliphatic heterocycles. The monoisotopic (exact) mass is 330 g/mol. The summed E-state index contributed by atoms with van der Waals surface area (Å²) in [5, 5.41) is 10.6. The van der Waals surface area contributed by atoms with Crippen LogP contribution in [0.1, 0.15) is 31.8 Å². The van der Waals surface area contributed by atoms with Crippen molar-refractivity contribution >= 4 is 5.91 Å². The van der Waals surface area contributed by atoms with E-state index in [9.17, 15) is 9.18 Å². The first-order valence-corrected chi connectivity index (χ1v) is 7.28. The molecule has 2 atom stereocenters. The van der Waals surface area contributed by atoms with Crippen LogP contribution in [0.2, 0.25) is 0 Å². The third-order valence-electron chi connectivity index (χ3n) is 3.49. The number of carbonyl (C=O) groups excluding carboxylic acids is 1. The number of aromatic nitrogens is 5. The van der Waals surface area contributed by atoms with Crippen LogP contribution in [0.4, 0.5) is 4.39 Å².